The van der Waals surface area contributed by atoms with E-state index >= 15 is 0 Å². The molecule has 0 saturated carbocycles. The fraction of sp³-hybridized carbons (Fsp3) is 0.360. The molecule has 0 radical (unpaired) electrons. The molecule has 144 valence electrons. The van der Waals surface area contributed by atoms with Gasteiger partial charge in [-0.2, -0.15) is 0 Å². The van der Waals surface area contributed by atoms with Crippen molar-refractivity contribution in [2.75, 3.05) is 0 Å². The molecule has 0 heterocycles. The van der Waals surface area contributed by atoms with Gasteiger partial charge < -0.3 is 10.2 Å². The van der Waals surface area contributed by atoms with Gasteiger partial charge in [0.25, 0.3) is 0 Å². The largest absolute Gasteiger partial charge is 0.508 e. The first-order chi connectivity index (χ1) is 12.8. The molecule has 0 fully saturated rings. The van der Waals surface area contributed by atoms with Crippen LogP contribution in [-0.4, -0.2) is 10.2 Å². The molecule has 0 spiro atoms. The molecule has 2 N–H and O–H groups in total. The normalized spacial score (nSPS) is 11.5. The zero-order valence-electron chi connectivity index (χ0n) is 17.0. The van der Waals surface area contributed by atoms with E-state index in [1.807, 2.05) is 0 Å². The number of benzene rings is 2. The first-order valence-electron chi connectivity index (χ1n) is 9.73. The monoisotopic (exact) mass is 364 g/mol. The fourth-order valence-electron chi connectivity index (χ4n) is 3.06. The molecule has 0 aliphatic carbocycles. The Kier molecular flexibility index (Phi) is 7.72. The third-order valence-electron chi connectivity index (χ3n) is 4.83. The van der Waals surface area contributed by atoms with Gasteiger partial charge in [0, 0.05) is 5.56 Å². The highest BCUT2D eigenvalue weighted by atomic mass is 16.3. The average molecular weight is 365 g/mol. The maximum Gasteiger partial charge on any atom is 0.123 e. The number of rotatable bonds is 8. The summed E-state index contributed by atoms with van der Waals surface area (Å²) in [6.45, 7) is 8.39. The number of hydrogen-bond acceptors (Lipinski definition) is 2. The summed E-state index contributed by atoms with van der Waals surface area (Å²) in [7, 11) is 0. The number of aryl methyl sites for hydroxylation is 3. The van der Waals surface area contributed by atoms with Gasteiger partial charge in [-0.15, -0.1) is 0 Å². The molecule has 0 aliphatic rings. The van der Waals surface area contributed by atoms with Crippen LogP contribution >= 0.6 is 0 Å². The third kappa shape index (κ3) is 6.97. The lowest BCUT2D eigenvalue weighted by Gasteiger charge is -2.10. The molecule has 0 amide bonds. The van der Waals surface area contributed by atoms with Crippen LogP contribution < -0.4 is 0 Å². The molecule has 0 unspecified atom stereocenters. The quantitative estimate of drug-likeness (QED) is 0.530. The summed E-state index contributed by atoms with van der Waals surface area (Å²) in [5, 5.41) is 20.7. The average Bonchev–Trinajstić information content (AvgIpc) is 2.60. The molecule has 2 rings (SSSR count). The van der Waals surface area contributed by atoms with Crippen LogP contribution in [-0.2, 0) is 19.3 Å². The summed E-state index contributed by atoms with van der Waals surface area (Å²) >= 11 is 0. The smallest absolute Gasteiger partial charge is 0.123 e. The summed E-state index contributed by atoms with van der Waals surface area (Å²) in [6.07, 6.45) is 8.59. The number of hydrogen-bond donors (Lipinski definition) is 2. The number of allylic oxidation sites excluding steroid dienone is 4. The van der Waals surface area contributed by atoms with E-state index in [1.165, 1.54) is 22.3 Å². The molecule has 0 aromatic heterocycles. The SMILES string of the molecule is CC(C)=CCC/C(C)=C/Cc1c(O)cc(CCc2ccc(C)cc2)cc1O. The van der Waals surface area contributed by atoms with E-state index in [1.54, 1.807) is 12.1 Å². The Morgan fingerprint density at radius 1 is 0.852 bits per heavy atom. The lowest BCUT2D eigenvalue weighted by atomic mass is 9.99. The van der Waals surface area contributed by atoms with Crippen molar-refractivity contribution in [2.24, 2.45) is 0 Å². The second-order valence-electron chi connectivity index (χ2n) is 7.67. The van der Waals surface area contributed by atoms with E-state index in [0.29, 0.717) is 12.0 Å². The molecule has 0 saturated heterocycles. The van der Waals surface area contributed by atoms with Gasteiger partial charge in [0.15, 0.2) is 0 Å². The van der Waals surface area contributed by atoms with Crippen molar-refractivity contribution >= 4 is 0 Å². The molecular formula is C25H32O2. The predicted molar refractivity (Wildman–Crippen MR) is 114 cm³/mol. The van der Waals surface area contributed by atoms with Crippen LogP contribution in [0.4, 0.5) is 0 Å². The molecule has 0 atom stereocenters. The van der Waals surface area contributed by atoms with Crippen molar-refractivity contribution in [3.05, 3.63) is 82.0 Å². The van der Waals surface area contributed by atoms with Crippen molar-refractivity contribution < 1.29 is 10.2 Å². The molecule has 2 aromatic carbocycles. The van der Waals surface area contributed by atoms with Crippen molar-refractivity contribution in [2.45, 2.75) is 59.8 Å². The molecule has 0 bridgehead atoms. The minimum absolute atomic E-state index is 0.183. The molecule has 0 aliphatic heterocycles. The van der Waals surface area contributed by atoms with Gasteiger partial charge in [0.1, 0.15) is 11.5 Å². The predicted octanol–water partition coefficient (Wildman–Crippen LogP) is 6.43. The topological polar surface area (TPSA) is 40.5 Å². The number of aromatic hydroxyl groups is 2. The zero-order chi connectivity index (χ0) is 19.8. The Morgan fingerprint density at radius 3 is 2.04 bits per heavy atom. The van der Waals surface area contributed by atoms with Gasteiger partial charge in [-0.1, -0.05) is 53.1 Å². The van der Waals surface area contributed by atoms with Gasteiger partial charge in [-0.25, -0.2) is 0 Å². The summed E-state index contributed by atoms with van der Waals surface area (Å²) in [5.74, 6) is 0.365. The van der Waals surface area contributed by atoms with E-state index in [2.05, 4.69) is 64.1 Å². The Labute approximate surface area is 163 Å². The standard InChI is InChI=1S/C25H32O2/c1-18(2)6-5-7-19(3)10-15-23-24(26)16-22(17-25(23)27)14-13-21-11-8-20(4)9-12-21/h6,8-12,16-17,26-27H,5,7,13-15H2,1-4H3/b19-10+. The van der Waals surface area contributed by atoms with Gasteiger partial charge in [-0.05, 0) is 83.1 Å². The van der Waals surface area contributed by atoms with Crippen LogP contribution in [0.3, 0.4) is 0 Å². The van der Waals surface area contributed by atoms with Crippen LogP contribution in [0, 0.1) is 6.92 Å². The molecule has 27 heavy (non-hydrogen) atoms. The third-order valence-corrected chi connectivity index (χ3v) is 4.83. The zero-order valence-corrected chi connectivity index (χ0v) is 17.0. The maximum atomic E-state index is 10.4. The van der Waals surface area contributed by atoms with Gasteiger partial charge in [0.05, 0.1) is 0 Å². The Hall–Kier alpha value is -2.48. The van der Waals surface area contributed by atoms with Crippen molar-refractivity contribution in [3.8, 4) is 11.5 Å². The highest BCUT2D eigenvalue weighted by Crippen LogP contribution is 2.30. The Balaban J connectivity index is 1.99. The Morgan fingerprint density at radius 2 is 1.44 bits per heavy atom. The summed E-state index contributed by atoms with van der Waals surface area (Å²) in [4.78, 5) is 0. The molecule has 2 aromatic rings. The van der Waals surface area contributed by atoms with E-state index in [4.69, 9.17) is 0 Å². The van der Waals surface area contributed by atoms with Crippen molar-refractivity contribution in [3.63, 3.8) is 0 Å². The van der Waals surface area contributed by atoms with Gasteiger partial charge in [0.2, 0.25) is 0 Å². The van der Waals surface area contributed by atoms with Gasteiger partial charge >= 0.3 is 0 Å². The minimum Gasteiger partial charge on any atom is -0.508 e. The van der Waals surface area contributed by atoms with E-state index in [0.717, 1.165) is 31.2 Å². The molecular weight excluding hydrogens is 332 g/mol. The van der Waals surface area contributed by atoms with Crippen LogP contribution in [0.25, 0.3) is 0 Å². The molecule has 2 heteroatoms. The second-order valence-corrected chi connectivity index (χ2v) is 7.67. The molecule has 2 nitrogen and oxygen atoms in total. The summed E-state index contributed by atoms with van der Waals surface area (Å²) in [6, 6.07) is 12.1. The minimum atomic E-state index is 0.183. The maximum absolute atomic E-state index is 10.4. The van der Waals surface area contributed by atoms with Gasteiger partial charge in [-0.3, -0.25) is 0 Å². The van der Waals surface area contributed by atoms with Crippen LogP contribution in [0.15, 0.2) is 59.7 Å². The van der Waals surface area contributed by atoms with E-state index in [9.17, 15) is 10.2 Å². The van der Waals surface area contributed by atoms with E-state index in [-0.39, 0.29) is 11.5 Å². The lowest BCUT2D eigenvalue weighted by molar-refractivity contribution is 0.439. The summed E-state index contributed by atoms with van der Waals surface area (Å²) < 4.78 is 0. The van der Waals surface area contributed by atoms with E-state index < -0.39 is 0 Å². The highest BCUT2D eigenvalue weighted by molar-refractivity contribution is 5.48. The van der Waals surface area contributed by atoms with Crippen LogP contribution in [0.1, 0.15) is 55.9 Å². The fourth-order valence-corrected chi connectivity index (χ4v) is 3.06. The van der Waals surface area contributed by atoms with Crippen molar-refractivity contribution in [1.82, 2.24) is 0 Å². The van der Waals surface area contributed by atoms with Crippen LogP contribution in [0.2, 0.25) is 0 Å². The van der Waals surface area contributed by atoms with Crippen LogP contribution in [0.5, 0.6) is 11.5 Å². The number of phenols is 2. The summed E-state index contributed by atoms with van der Waals surface area (Å²) in [5.41, 5.74) is 6.68. The number of phenolic OH excluding ortho intramolecular Hbond substituents is 2. The van der Waals surface area contributed by atoms with Crippen molar-refractivity contribution in [1.29, 1.82) is 0 Å². The lowest BCUT2D eigenvalue weighted by Crippen LogP contribution is -1.94. The second kappa shape index (κ2) is 10.0. The highest BCUT2D eigenvalue weighted by Gasteiger charge is 2.09. The first-order valence-corrected chi connectivity index (χ1v) is 9.73. The Bertz CT molecular complexity index is 784. The first kappa shape index (κ1) is 20.8.